The SMILES string of the molecule is CCOc1ccc(S(=O)(=O)N2CCn3nc(C)nc3C2)c(C)c1. The number of rotatable bonds is 4. The third kappa shape index (κ3) is 2.96. The molecule has 0 N–H and O–H groups in total. The fraction of sp³-hybridized carbons (Fsp3) is 0.467. The molecule has 0 spiro atoms. The molecule has 0 amide bonds. The van der Waals surface area contributed by atoms with E-state index in [-0.39, 0.29) is 6.54 Å². The number of sulfonamides is 1. The van der Waals surface area contributed by atoms with Gasteiger partial charge < -0.3 is 4.74 Å². The van der Waals surface area contributed by atoms with E-state index in [2.05, 4.69) is 10.1 Å². The molecule has 7 nitrogen and oxygen atoms in total. The summed E-state index contributed by atoms with van der Waals surface area (Å²) in [4.78, 5) is 4.61. The average Bonchev–Trinajstić information content (AvgIpc) is 2.86. The summed E-state index contributed by atoms with van der Waals surface area (Å²) in [5, 5.41) is 4.26. The van der Waals surface area contributed by atoms with Gasteiger partial charge in [-0.25, -0.2) is 18.1 Å². The van der Waals surface area contributed by atoms with Gasteiger partial charge in [-0.3, -0.25) is 0 Å². The Morgan fingerprint density at radius 2 is 2.04 bits per heavy atom. The molecule has 0 saturated heterocycles. The minimum Gasteiger partial charge on any atom is -0.494 e. The fourth-order valence-electron chi connectivity index (χ4n) is 2.75. The summed E-state index contributed by atoms with van der Waals surface area (Å²) in [6.07, 6.45) is 0. The lowest BCUT2D eigenvalue weighted by molar-refractivity contribution is 0.321. The summed E-state index contributed by atoms with van der Waals surface area (Å²) in [6.45, 7) is 7.19. The second-order valence-corrected chi connectivity index (χ2v) is 7.40. The maximum atomic E-state index is 12.9. The van der Waals surface area contributed by atoms with E-state index in [0.29, 0.717) is 47.6 Å². The zero-order valence-electron chi connectivity index (χ0n) is 13.5. The number of ether oxygens (including phenoxy) is 1. The van der Waals surface area contributed by atoms with Crippen molar-refractivity contribution >= 4 is 10.0 Å². The van der Waals surface area contributed by atoms with E-state index in [1.165, 1.54) is 4.31 Å². The largest absolute Gasteiger partial charge is 0.494 e. The number of hydrogen-bond acceptors (Lipinski definition) is 5. The first-order valence-corrected chi connectivity index (χ1v) is 8.99. The standard InChI is InChI=1S/C15H20N4O3S/c1-4-22-13-5-6-14(11(2)9-13)23(20,21)18-7-8-19-15(10-18)16-12(3)17-19/h5-6,9H,4,7-8,10H2,1-3H3. The van der Waals surface area contributed by atoms with Gasteiger partial charge in [0.25, 0.3) is 0 Å². The smallest absolute Gasteiger partial charge is 0.243 e. The minimum atomic E-state index is -3.56. The van der Waals surface area contributed by atoms with Crippen LogP contribution < -0.4 is 4.74 Å². The fourth-order valence-corrected chi connectivity index (χ4v) is 4.34. The van der Waals surface area contributed by atoms with Gasteiger partial charge in [-0.15, -0.1) is 0 Å². The molecule has 0 atom stereocenters. The number of benzene rings is 1. The lowest BCUT2D eigenvalue weighted by Gasteiger charge is -2.26. The van der Waals surface area contributed by atoms with E-state index in [1.807, 2.05) is 6.92 Å². The summed E-state index contributed by atoms with van der Waals surface area (Å²) >= 11 is 0. The number of aryl methyl sites for hydroxylation is 2. The van der Waals surface area contributed by atoms with Gasteiger partial charge in [0.15, 0.2) is 0 Å². The number of hydrogen-bond donors (Lipinski definition) is 0. The molecule has 0 saturated carbocycles. The molecule has 2 aromatic rings. The van der Waals surface area contributed by atoms with Crippen molar-refractivity contribution in [2.24, 2.45) is 0 Å². The monoisotopic (exact) mass is 336 g/mol. The molecule has 3 rings (SSSR count). The van der Waals surface area contributed by atoms with E-state index in [0.717, 1.165) is 0 Å². The van der Waals surface area contributed by atoms with Crippen LogP contribution in [0.1, 0.15) is 24.1 Å². The quantitative estimate of drug-likeness (QED) is 0.845. The van der Waals surface area contributed by atoms with E-state index in [1.54, 1.807) is 36.7 Å². The Morgan fingerprint density at radius 3 is 2.74 bits per heavy atom. The summed E-state index contributed by atoms with van der Waals surface area (Å²) in [5.74, 6) is 2.02. The highest BCUT2D eigenvalue weighted by atomic mass is 32.2. The molecule has 23 heavy (non-hydrogen) atoms. The molecule has 1 aliphatic rings. The maximum absolute atomic E-state index is 12.9. The lowest BCUT2D eigenvalue weighted by Crippen LogP contribution is -2.38. The molecule has 2 heterocycles. The highest BCUT2D eigenvalue weighted by Crippen LogP contribution is 2.26. The molecule has 1 aliphatic heterocycles. The maximum Gasteiger partial charge on any atom is 0.243 e. The number of nitrogens with zero attached hydrogens (tertiary/aromatic N) is 4. The van der Waals surface area contributed by atoms with Gasteiger partial charge in [0, 0.05) is 6.54 Å². The Morgan fingerprint density at radius 1 is 1.26 bits per heavy atom. The van der Waals surface area contributed by atoms with Crippen molar-refractivity contribution in [3.8, 4) is 5.75 Å². The summed E-state index contributed by atoms with van der Waals surface area (Å²) < 4.78 is 34.5. The molecule has 0 aliphatic carbocycles. The predicted octanol–water partition coefficient (Wildman–Crippen LogP) is 1.50. The Bertz CT molecular complexity index is 829. The first-order chi connectivity index (χ1) is 10.9. The van der Waals surface area contributed by atoms with Crippen LogP contribution in [0.3, 0.4) is 0 Å². The summed E-state index contributed by atoms with van der Waals surface area (Å²) in [5.41, 5.74) is 0.680. The summed E-state index contributed by atoms with van der Waals surface area (Å²) in [6, 6.07) is 5.06. The number of fused-ring (bicyclic) bond motifs is 1. The number of aromatic nitrogens is 3. The van der Waals surface area contributed by atoms with E-state index >= 15 is 0 Å². The molecular weight excluding hydrogens is 316 g/mol. The average molecular weight is 336 g/mol. The minimum absolute atomic E-state index is 0.246. The predicted molar refractivity (Wildman–Crippen MR) is 84.7 cm³/mol. The van der Waals surface area contributed by atoms with Gasteiger partial charge >= 0.3 is 0 Å². The Labute approximate surface area is 135 Å². The van der Waals surface area contributed by atoms with Gasteiger partial charge in [-0.1, -0.05) is 0 Å². The highest BCUT2D eigenvalue weighted by Gasteiger charge is 2.31. The van der Waals surface area contributed by atoms with Gasteiger partial charge in [0.1, 0.15) is 17.4 Å². The van der Waals surface area contributed by atoms with E-state index in [4.69, 9.17) is 4.74 Å². The van der Waals surface area contributed by atoms with Crippen LogP contribution in [-0.2, 0) is 23.1 Å². The van der Waals surface area contributed by atoms with Crippen molar-refractivity contribution < 1.29 is 13.2 Å². The zero-order chi connectivity index (χ0) is 16.6. The van der Waals surface area contributed by atoms with Crippen molar-refractivity contribution in [3.63, 3.8) is 0 Å². The van der Waals surface area contributed by atoms with Crippen LogP contribution >= 0.6 is 0 Å². The van der Waals surface area contributed by atoms with Crippen LogP contribution in [0.15, 0.2) is 23.1 Å². The zero-order valence-corrected chi connectivity index (χ0v) is 14.3. The van der Waals surface area contributed by atoms with Crippen molar-refractivity contribution in [2.45, 2.75) is 38.8 Å². The molecule has 0 unspecified atom stereocenters. The van der Waals surface area contributed by atoms with E-state index in [9.17, 15) is 8.42 Å². The van der Waals surface area contributed by atoms with Crippen LogP contribution in [0.2, 0.25) is 0 Å². The molecule has 0 fully saturated rings. The van der Waals surface area contributed by atoms with Crippen LogP contribution in [0.4, 0.5) is 0 Å². The normalized spacial score (nSPS) is 15.4. The molecule has 0 radical (unpaired) electrons. The van der Waals surface area contributed by atoms with Gasteiger partial charge in [-0.05, 0) is 44.5 Å². The van der Waals surface area contributed by atoms with Crippen LogP contribution in [0, 0.1) is 13.8 Å². The first kappa shape index (κ1) is 15.9. The second kappa shape index (κ2) is 5.93. The third-order valence-corrected chi connectivity index (χ3v) is 5.81. The third-order valence-electron chi connectivity index (χ3n) is 3.81. The lowest BCUT2D eigenvalue weighted by atomic mass is 10.2. The Hall–Kier alpha value is -1.93. The molecule has 1 aromatic heterocycles. The van der Waals surface area contributed by atoms with Crippen molar-refractivity contribution in [3.05, 3.63) is 35.4 Å². The van der Waals surface area contributed by atoms with Gasteiger partial charge in [0.05, 0.1) is 24.6 Å². The Kier molecular flexibility index (Phi) is 4.11. The van der Waals surface area contributed by atoms with Crippen LogP contribution in [-0.4, -0.2) is 40.6 Å². The molecule has 8 heteroatoms. The Balaban J connectivity index is 1.90. The van der Waals surface area contributed by atoms with Crippen LogP contribution in [0.25, 0.3) is 0 Å². The second-order valence-electron chi connectivity index (χ2n) is 5.50. The van der Waals surface area contributed by atoms with Crippen molar-refractivity contribution in [1.82, 2.24) is 19.1 Å². The topological polar surface area (TPSA) is 77.3 Å². The van der Waals surface area contributed by atoms with Crippen molar-refractivity contribution in [1.29, 1.82) is 0 Å². The van der Waals surface area contributed by atoms with Crippen LogP contribution in [0.5, 0.6) is 5.75 Å². The molecule has 124 valence electrons. The van der Waals surface area contributed by atoms with Crippen molar-refractivity contribution in [2.75, 3.05) is 13.2 Å². The van der Waals surface area contributed by atoms with E-state index < -0.39 is 10.0 Å². The molecule has 0 bridgehead atoms. The molecule has 1 aromatic carbocycles. The summed E-state index contributed by atoms with van der Waals surface area (Å²) in [7, 11) is -3.56. The first-order valence-electron chi connectivity index (χ1n) is 7.55. The van der Waals surface area contributed by atoms with Gasteiger partial charge in [0.2, 0.25) is 10.0 Å². The highest BCUT2D eigenvalue weighted by molar-refractivity contribution is 7.89. The van der Waals surface area contributed by atoms with Gasteiger partial charge in [-0.2, -0.15) is 9.40 Å². The molecular formula is C15H20N4O3S.